The number of fused-ring (bicyclic) bond motifs is 1. The zero-order valence-corrected chi connectivity index (χ0v) is 14.1. The highest BCUT2D eigenvalue weighted by atomic mass is 15.2. The van der Waals surface area contributed by atoms with Gasteiger partial charge >= 0.3 is 0 Å². The van der Waals surface area contributed by atoms with E-state index in [0.717, 1.165) is 26.1 Å². The van der Waals surface area contributed by atoms with E-state index in [1.165, 1.54) is 28.9 Å². The number of imidazole rings is 1. The van der Waals surface area contributed by atoms with E-state index in [0.29, 0.717) is 5.56 Å². The third-order valence-electron chi connectivity index (χ3n) is 4.79. The van der Waals surface area contributed by atoms with Gasteiger partial charge in [0, 0.05) is 25.0 Å². The Hall–Kier alpha value is -3.06. The summed E-state index contributed by atoms with van der Waals surface area (Å²) in [5.41, 5.74) is 5.87. The lowest BCUT2D eigenvalue weighted by Crippen LogP contribution is -2.29. The predicted octanol–water partition coefficient (Wildman–Crippen LogP) is 3.76. The molecule has 0 unspecified atom stereocenters. The molecular weight excluding hydrogens is 308 g/mol. The fourth-order valence-electron chi connectivity index (χ4n) is 3.47. The van der Waals surface area contributed by atoms with Crippen molar-refractivity contribution in [1.82, 2.24) is 9.55 Å². The van der Waals surface area contributed by atoms with Crippen LogP contribution in [0.1, 0.15) is 28.8 Å². The fraction of sp³-hybridized carbons (Fsp3) is 0.238. The number of hydrogen-bond acceptors (Lipinski definition) is 3. The number of nitriles is 1. The van der Waals surface area contributed by atoms with Crippen LogP contribution in [0.15, 0.2) is 61.1 Å². The van der Waals surface area contributed by atoms with E-state index in [2.05, 4.69) is 44.8 Å². The second kappa shape index (κ2) is 6.82. The highest BCUT2D eigenvalue weighted by Gasteiger charge is 2.17. The summed E-state index contributed by atoms with van der Waals surface area (Å²) in [5.74, 6) is 0. The van der Waals surface area contributed by atoms with Gasteiger partial charge in [0.1, 0.15) is 0 Å². The molecule has 4 nitrogen and oxygen atoms in total. The number of nitrogens with zero attached hydrogens (tertiary/aromatic N) is 4. The molecule has 0 fully saturated rings. The van der Waals surface area contributed by atoms with E-state index in [9.17, 15) is 0 Å². The van der Waals surface area contributed by atoms with Crippen LogP contribution in [0.25, 0.3) is 0 Å². The van der Waals surface area contributed by atoms with Crippen molar-refractivity contribution in [1.29, 1.82) is 5.26 Å². The van der Waals surface area contributed by atoms with Crippen LogP contribution in [-0.2, 0) is 19.5 Å². The molecular formula is C21H20N4. The second-order valence-corrected chi connectivity index (χ2v) is 6.48. The Bertz CT molecular complexity index is 902. The molecule has 0 saturated carbocycles. The molecule has 0 spiro atoms. The van der Waals surface area contributed by atoms with Gasteiger partial charge in [0.2, 0.25) is 0 Å². The number of aryl methyl sites for hydroxylation is 1. The molecule has 4 rings (SSSR count). The molecule has 0 saturated heterocycles. The van der Waals surface area contributed by atoms with Crippen LogP contribution in [0.2, 0.25) is 0 Å². The third kappa shape index (κ3) is 3.27. The number of hydrogen-bond donors (Lipinski definition) is 0. The molecule has 25 heavy (non-hydrogen) atoms. The first-order valence-electron chi connectivity index (χ1n) is 8.64. The van der Waals surface area contributed by atoms with Crippen molar-refractivity contribution in [2.45, 2.75) is 25.9 Å². The van der Waals surface area contributed by atoms with Crippen LogP contribution in [0.4, 0.5) is 5.69 Å². The average Bonchev–Trinajstić information content (AvgIpc) is 3.09. The maximum Gasteiger partial charge on any atom is 0.0991 e. The summed E-state index contributed by atoms with van der Waals surface area (Å²) < 4.78 is 2.19. The molecule has 0 amide bonds. The summed E-state index contributed by atoms with van der Waals surface area (Å²) in [5, 5.41) is 8.92. The van der Waals surface area contributed by atoms with E-state index >= 15 is 0 Å². The van der Waals surface area contributed by atoms with Gasteiger partial charge in [0.05, 0.1) is 30.2 Å². The Kier molecular flexibility index (Phi) is 4.22. The summed E-state index contributed by atoms with van der Waals surface area (Å²) in [6.45, 7) is 2.73. The number of anilines is 1. The van der Waals surface area contributed by atoms with Crippen LogP contribution in [0, 0.1) is 11.3 Å². The summed E-state index contributed by atoms with van der Waals surface area (Å²) in [6, 6.07) is 18.6. The zero-order valence-electron chi connectivity index (χ0n) is 14.1. The number of para-hydroxylation sites is 1. The first kappa shape index (κ1) is 15.5. The first-order chi connectivity index (χ1) is 12.3. The lowest BCUT2D eigenvalue weighted by Gasteiger charge is -2.31. The van der Waals surface area contributed by atoms with Crippen molar-refractivity contribution in [2.75, 3.05) is 11.4 Å². The highest BCUT2D eigenvalue weighted by molar-refractivity contribution is 5.55. The van der Waals surface area contributed by atoms with Gasteiger partial charge in [0.15, 0.2) is 0 Å². The van der Waals surface area contributed by atoms with Gasteiger partial charge < -0.3 is 9.47 Å². The van der Waals surface area contributed by atoms with Gasteiger partial charge in [0.25, 0.3) is 0 Å². The van der Waals surface area contributed by atoms with Crippen molar-refractivity contribution in [3.63, 3.8) is 0 Å². The average molecular weight is 328 g/mol. The number of rotatable bonds is 4. The number of aromatic nitrogens is 2. The van der Waals surface area contributed by atoms with Crippen molar-refractivity contribution in [3.8, 4) is 6.07 Å². The molecule has 1 aliphatic rings. The van der Waals surface area contributed by atoms with Gasteiger partial charge in [-0.05, 0) is 42.2 Å². The number of benzene rings is 2. The van der Waals surface area contributed by atoms with E-state index in [1.807, 2.05) is 36.8 Å². The standard InChI is InChI=1S/C21H20N4/c22-12-17-7-9-18(10-8-17)14-25-16-23-13-20(25)15-24-11-3-5-19-4-1-2-6-21(19)24/h1-2,4,6-10,13,16H,3,5,11,14-15H2. The summed E-state index contributed by atoms with van der Waals surface area (Å²) in [6.07, 6.45) is 6.21. The summed E-state index contributed by atoms with van der Waals surface area (Å²) >= 11 is 0. The van der Waals surface area contributed by atoms with E-state index in [1.54, 1.807) is 0 Å². The molecule has 124 valence electrons. The SMILES string of the molecule is N#Cc1ccc(Cn2cncc2CN2CCCc3ccccc32)cc1. The van der Waals surface area contributed by atoms with Crippen molar-refractivity contribution < 1.29 is 0 Å². The van der Waals surface area contributed by atoms with Gasteiger partial charge in [-0.15, -0.1) is 0 Å². The highest BCUT2D eigenvalue weighted by Crippen LogP contribution is 2.28. The molecule has 0 bridgehead atoms. The molecule has 2 aromatic carbocycles. The van der Waals surface area contributed by atoms with E-state index in [-0.39, 0.29) is 0 Å². The van der Waals surface area contributed by atoms with Crippen LogP contribution < -0.4 is 4.90 Å². The molecule has 1 aliphatic heterocycles. The van der Waals surface area contributed by atoms with Gasteiger partial charge in [-0.2, -0.15) is 5.26 Å². The van der Waals surface area contributed by atoms with Gasteiger partial charge in [-0.25, -0.2) is 4.98 Å². The fourth-order valence-corrected chi connectivity index (χ4v) is 3.47. The van der Waals surface area contributed by atoms with Crippen LogP contribution in [-0.4, -0.2) is 16.1 Å². The molecule has 1 aromatic heterocycles. The maximum atomic E-state index is 8.92. The maximum absolute atomic E-state index is 8.92. The molecule has 0 N–H and O–H groups in total. The molecule has 0 radical (unpaired) electrons. The van der Waals surface area contributed by atoms with Crippen molar-refractivity contribution >= 4 is 5.69 Å². The Balaban J connectivity index is 1.53. The van der Waals surface area contributed by atoms with E-state index < -0.39 is 0 Å². The predicted molar refractivity (Wildman–Crippen MR) is 98.3 cm³/mol. The molecule has 0 aliphatic carbocycles. The Labute approximate surface area is 148 Å². The molecule has 2 heterocycles. The Morgan fingerprint density at radius 3 is 2.72 bits per heavy atom. The zero-order chi connectivity index (χ0) is 17.1. The van der Waals surface area contributed by atoms with E-state index in [4.69, 9.17) is 5.26 Å². The first-order valence-corrected chi connectivity index (χ1v) is 8.64. The Morgan fingerprint density at radius 1 is 1.04 bits per heavy atom. The monoisotopic (exact) mass is 328 g/mol. The second-order valence-electron chi connectivity index (χ2n) is 6.48. The van der Waals surface area contributed by atoms with Crippen molar-refractivity contribution in [2.24, 2.45) is 0 Å². The largest absolute Gasteiger partial charge is 0.365 e. The Morgan fingerprint density at radius 2 is 1.88 bits per heavy atom. The normalized spacial score (nSPS) is 13.3. The topological polar surface area (TPSA) is 44.9 Å². The lowest BCUT2D eigenvalue weighted by molar-refractivity contribution is 0.655. The minimum Gasteiger partial charge on any atom is -0.365 e. The minimum atomic E-state index is 0.694. The molecule has 3 aromatic rings. The summed E-state index contributed by atoms with van der Waals surface area (Å²) in [4.78, 5) is 6.81. The smallest absolute Gasteiger partial charge is 0.0991 e. The van der Waals surface area contributed by atoms with Crippen LogP contribution in [0.5, 0.6) is 0 Å². The lowest BCUT2D eigenvalue weighted by atomic mass is 10.0. The van der Waals surface area contributed by atoms with Gasteiger partial charge in [-0.3, -0.25) is 0 Å². The quantitative estimate of drug-likeness (QED) is 0.732. The summed E-state index contributed by atoms with van der Waals surface area (Å²) in [7, 11) is 0. The molecule has 4 heteroatoms. The van der Waals surface area contributed by atoms with Crippen molar-refractivity contribution in [3.05, 3.63) is 83.4 Å². The van der Waals surface area contributed by atoms with Gasteiger partial charge in [-0.1, -0.05) is 30.3 Å². The van der Waals surface area contributed by atoms with Crippen LogP contribution >= 0.6 is 0 Å². The minimum absolute atomic E-state index is 0.694. The third-order valence-corrected chi connectivity index (χ3v) is 4.79. The molecule has 0 atom stereocenters. The van der Waals surface area contributed by atoms with Crippen LogP contribution in [0.3, 0.4) is 0 Å².